The van der Waals surface area contributed by atoms with Crippen molar-refractivity contribution in [1.82, 2.24) is 31.9 Å². The van der Waals surface area contributed by atoms with Crippen LogP contribution < -0.4 is 31.9 Å². The van der Waals surface area contributed by atoms with Crippen molar-refractivity contribution in [2.75, 3.05) is 39.4 Å². The van der Waals surface area contributed by atoms with Gasteiger partial charge in [-0.25, -0.2) is 19.2 Å². The third kappa shape index (κ3) is 30.2. The Morgan fingerprint density at radius 1 is 0.415 bits per heavy atom. The summed E-state index contributed by atoms with van der Waals surface area (Å²) < 4.78 is 26.6. The summed E-state index contributed by atoms with van der Waals surface area (Å²) in [7, 11) is 0. The molecule has 53 heavy (non-hydrogen) atoms. The number of nitrogens with one attached hydrogen (secondary N) is 6. The molecule has 17 heteroatoms. The average molecular weight is 761 g/mol. The van der Waals surface area contributed by atoms with Gasteiger partial charge in [0.15, 0.2) is 0 Å². The number of hydrogen-bond acceptors (Lipinski definition) is 11. The number of ether oxygens (including phenoxy) is 5. The third-order valence-electron chi connectivity index (χ3n) is 6.28. The van der Waals surface area contributed by atoms with Crippen LogP contribution in [0.1, 0.15) is 122 Å². The van der Waals surface area contributed by atoms with Crippen LogP contribution in [0.5, 0.6) is 0 Å². The van der Waals surface area contributed by atoms with Gasteiger partial charge in [0.25, 0.3) is 0 Å². The van der Waals surface area contributed by atoms with E-state index in [1.54, 1.807) is 83.1 Å². The predicted molar refractivity (Wildman–Crippen MR) is 199 cm³/mol. The van der Waals surface area contributed by atoms with E-state index in [1.165, 1.54) is 0 Å². The third-order valence-corrected chi connectivity index (χ3v) is 6.28. The maximum Gasteiger partial charge on any atom is 0.408 e. The normalized spacial score (nSPS) is 13.1. The molecule has 0 aliphatic carbocycles. The van der Waals surface area contributed by atoms with Crippen LogP contribution in [0.4, 0.5) is 19.2 Å². The number of amides is 6. The van der Waals surface area contributed by atoms with Crippen molar-refractivity contribution in [1.29, 1.82) is 0 Å². The Labute approximate surface area is 315 Å². The maximum atomic E-state index is 13.0. The summed E-state index contributed by atoms with van der Waals surface area (Å²) in [6.07, 6.45) is 0.218. The van der Waals surface area contributed by atoms with Crippen LogP contribution in [0.3, 0.4) is 0 Å². The minimum Gasteiger partial charge on any atom is -0.444 e. The van der Waals surface area contributed by atoms with Gasteiger partial charge in [0.1, 0.15) is 34.5 Å². The molecule has 0 rings (SSSR count). The zero-order valence-corrected chi connectivity index (χ0v) is 34.1. The van der Waals surface area contributed by atoms with Gasteiger partial charge in [-0.3, -0.25) is 9.59 Å². The smallest absolute Gasteiger partial charge is 0.408 e. The highest BCUT2D eigenvalue weighted by atomic mass is 16.6. The van der Waals surface area contributed by atoms with E-state index in [4.69, 9.17) is 23.7 Å². The average Bonchev–Trinajstić information content (AvgIpc) is 2.95. The summed E-state index contributed by atoms with van der Waals surface area (Å²) in [5.74, 6) is -0.851. The Morgan fingerprint density at radius 3 is 1.02 bits per heavy atom. The Morgan fingerprint density at radius 2 is 0.717 bits per heavy atom. The quantitative estimate of drug-likeness (QED) is 0.0754. The summed E-state index contributed by atoms with van der Waals surface area (Å²) in [6.45, 7) is 22.1. The molecule has 0 aromatic heterocycles. The molecule has 0 aliphatic heterocycles. The first-order valence-electron chi connectivity index (χ1n) is 18.3. The number of alkyl carbamates (subject to hydrolysis) is 4. The molecular formula is C36H68N6O11. The number of carbonyl (C=O) groups is 6. The van der Waals surface area contributed by atoms with E-state index >= 15 is 0 Å². The van der Waals surface area contributed by atoms with Gasteiger partial charge in [-0.05, 0) is 122 Å². The van der Waals surface area contributed by atoms with Crippen molar-refractivity contribution in [2.24, 2.45) is 0 Å². The number of hydrogen-bond donors (Lipinski definition) is 6. The molecule has 0 heterocycles. The van der Waals surface area contributed by atoms with Gasteiger partial charge in [0, 0.05) is 26.2 Å². The highest BCUT2D eigenvalue weighted by molar-refractivity contribution is 5.86. The molecule has 0 aliphatic rings. The van der Waals surface area contributed by atoms with E-state index in [0.717, 1.165) is 0 Å². The summed E-state index contributed by atoms with van der Waals surface area (Å²) in [6, 6.07) is -1.76. The van der Waals surface area contributed by atoms with Crippen molar-refractivity contribution < 1.29 is 52.5 Å². The van der Waals surface area contributed by atoms with Crippen LogP contribution in [0.2, 0.25) is 0 Å². The van der Waals surface area contributed by atoms with Gasteiger partial charge < -0.3 is 55.6 Å². The molecule has 0 aromatic carbocycles. The van der Waals surface area contributed by atoms with E-state index in [9.17, 15) is 28.8 Å². The van der Waals surface area contributed by atoms with Crippen molar-refractivity contribution in [3.05, 3.63) is 0 Å². The highest BCUT2D eigenvalue weighted by Gasteiger charge is 2.26. The van der Waals surface area contributed by atoms with Gasteiger partial charge in [-0.2, -0.15) is 0 Å². The Kier molecular flexibility index (Phi) is 21.8. The van der Waals surface area contributed by atoms with E-state index < -0.39 is 70.7 Å². The molecule has 6 amide bonds. The SMILES string of the molecule is CC(C)(C)OC(=O)NCCCCC(NC(=O)OC(C)(C)C)C(=O)NCCOCCNC(=O)C(CCCCNC(=O)OC(C)(C)C)NC(=O)OC(C)(C)C. The van der Waals surface area contributed by atoms with E-state index in [1.807, 2.05) is 0 Å². The Balaban J connectivity index is 4.84. The van der Waals surface area contributed by atoms with Gasteiger partial charge >= 0.3 is 24.4 Å². The fourth-order valence-electron chi connectivity index (χ4n) is 4.23. The molecule has 2 atom stereocenters. The molecule has 0 aromatic rings. The zero-order chi connectivity index (χ0) is 40.9. The monoisotopic (exact) mass is 760 g/mol. The van der Waals surface area contributed by atoms with Crippen LogP contribution in [0.25, 0.3) is 0 Å². The van der Waals surface area contributed by atoms with Crippen LogP contribution in [0.15, 0.2) is 0 Å². The van der Waals surface area contributed by atoms with E-state index in [-0.39, 0.29) is 26.3 Å². The lowest BCUT2D eigenvalue weighted by Crippen LogP contribution is -2.49. The molecule has 0 fully saturated rings. The fraction of sp³-hybridized carbons (Fsp3) is 0.833. The molecule has 17 nitrogen and oxygen atoms in total. The number of unbranched alkanes of at least 4 members (excludes halogenated alkanes) is 2. The summed E-state index contributed by atoms with van der Waals surface area (Å²) in [5, 5.41) is 16.0. The van der Waals surface area contributed by atoms with Crippen molar-refractivity contribution >= 4 is 36.2 Å². The van der Waals surface area contributed by atoms with Crippen LogP contribution in [0, 0.1) is 0 Å². The summed E-state index contributed by atoms with van der Waals surface area (Å²) in [5.41, 5.74) is -2.73. The summed E-state index contributed by atoms with van der Waals surface area (Å²) >= 11 is 0. The van der Waals surface area contributed by atoms with Crippen molar-refractivity contribution in [2.45, 2.75) is 156 Å². The first kappa shape index (κ1) is 49.0. The van der Waals surface area contributed by atoms with E-state index in [2.05, 4.69) is 31.9 Å². The lowest BCUT2D eigenvalue weighted by molar-refractivity contribution is -0.123. The number of carbonyl (C=O) groups excluding carboxylic acids is 6. The summed E-state index contributed by atoms with van der Waals surface area (Å²) in [4.78, 5) is 74.5. The van der Waals surface area contributed by atoms with Gasteiger partial charge in [0.05, 0.1) is 13.2 Å². The molecule has 0 bridgehead atoms. The topological polar surface area (TPSA) is 221 Å². The highest BCUT2D eigenvalue weighted by Crippen LogP contribution is 2.11. The fourth-order valence-corrected chi connectivity index (χ4v) is 4.23. The van der Waals surface area contributed by atoms with Gasteiger partial charge in [0.2, 0.25) is 11.8 Å². The molecule has 0 saturated heterocycles. The number of rotatable bonds is 20. The predicted octanol–water partition coefficient (Wildman–Crippen LogP) is 4.41. The second kappa shape index (κ2) is 23.6. The van der Waals surface area contributed by atoms with E-state index in [0.29, 0.717) is 51.6 Å². The molecular weight excluding hydrogens is 692 g/mol. The molecule has 0 spiro atoms. The minimum atomic E-state index is -0.881. The van der Waals surface area contributed by atoms with Gasteiger partial charge in [-0.1, -0.05) is 0 Å². The first-order chi connectivity index (χ1) is 24.3. The van der Waals surface area contributed by atoms with Gasteiger partial charge in [-0.15, -0.1) is 0 Å². The molecule has 0 saturated carbocycles. The van der Waals surface area contributed by atoms with Crippen molar-refractivity contribution in [3.8, 4) is 0 Å². The van der Waals surface area contributed by atoms with Crippen LogP contribution >= 0.6 is 0 Å². The second-order valence-corrected chi connectivity index (χ2v) is 16.4. The zero-order valence-electron chi connectivity index (χ0n) is 34.1. The lowest BCUT2D eigenvalue weighted by Gasteiger charge is -2.23. The van der Waals surface area contributed by atoms with Crippen LogP contribution in [-0.4, -0.2) is 110 Å². The minimum absolute atomic E-state index is 0.130. The Bertz CT molecular complexity index is 1070. The van der Waals surface area contributed by atoms with Crippen LogP contribution in [-0.2, 0) is 33.3 Å². The molecule has 0 radical (unpaired) electrons. The standard InChI is InChI=1S/C36H68N6O11/c1-33(2,3)50-29(45)39-19-15-13-17-25(41-31(47)52-35(7,8)9)27(43)37-21-23-49-24-22-38-28(44)26(42-32(48)53-36(10,11)12)18-14-16-20-40-30(46)51-34(4,5)6/h25-26H,13-24H2,1-12H3,(H,37,43)(H,38,44)(H,39,45)(H,40,46)(H,41,47)(H,42,48). The molecule has 308 valence electrons. The lowest BCUT2D eigenvalue weighted by atomic mass is 10.1. The Hall–Kier alpha value is -4.02. The first-order valence-corrected chi connectivity index (χ1v) is 18.3. The maximum absolute atomic E-state index is 13.0. The molecule has 2 unspecified atom stereocenters. The van der Waals surface area contributed by atoms with Crippen molar-refractivity contribution in [3.63, 3.8) is 0 Å². The largest absolute Gasteiger partial charge is 0.444 e. The molecule has 6 N–H and O–H groups in total. The second-order valence-electron chi connectivity index (χ2n) is 16.4.